The third-order valence-electron chi connectivity index (χ3n) is 4.09. The summed E-state index contributed by atoms with van der Waals surface area (Å²) < 4.78 is 0. The van der Waals surface area contributed by atoms with Crippen LogP contribution in [0, 0.1) is 0 Å². The number of anilines is 1. The van der Waals surface area contributed by atoms with Crippen molar-refractivity contribution in [3.63, 3.8) is 0 Å². The molecular formula is C15H24N2O. The summed E-state index contributed by atoms with van der Waals surface area (Å²) in [6.07, 6.45) is -0.411. The number of likely N-dealkylation sites (N-methyl/N-ethyl adjacent to an activating group) is 1. The van der Waals surface area contributed by atoms with Gasteiger partial charge in [-0.15, -0.1) is 0 Å². The molecule has 1 heterocycles. The monoisotopic (exact) mass is 248 g/mol. The molecule has 18 heavy (non-hydrogen) atoms. The van der Waals surface area contributed by atoms with Gasteiger partial charge in [-0.1, -0.05) is 18.2 Å². The summed E-state index contributed by atoms with van der Waals surface area (Å²) >= 11 is 0. The lowest BCUT2D eigenvalue weighted by molar-refractivity contribution is 0.168. The molecule has 1 N–H and O–H groups in total. The van der Waals surface area contributed by atoms with E-state index < -0.39 is 6.10 Å². The van der Waals surface area contributed by atoms with Gasteiger partial charge in [-0.3, -0.25) is 4.90 Å². The van der Waals surface area contributed by atoms with Crippen molar-refractivity contribution in [2.75, 3.05) is 25.0 Å². The van der Waals surface area contributed by atoms with Crippen LogP contribution >= 0.6 is 0 Å². The van der Waals surface area contributed by atoms with Crippen molar-refractivity contribution in [1.82, 2.24) is 4.90 Å². The number of piperazine rings is 1. The van der Waals surface area contributed by atoms with Gasteiger partial charge in [-0.25, -0.2) is 0 Å². The molecule has 0 saturated carbocycles. The van der Waals surface area contributed by atoms with Crippen LogP contribution in [0.2, 0.25) is 0 Å². The molecule has 0 aromatic heterocycles. The molecule has 0 aliphatic carbocycles. The van der Waals surface area contributed by atoms with E-state index in [9.17, 15) is 5.11 Å². The molecule has 1 aromatic rings. The van der Waals surface area contributed by atoms with Crippen molar-refractivity contribution in [2.45, 2.75) is 39.0 Å². The topological polar surface area (TPSA) is 26.7 Å². The Labute approximate surface area is 110 Å². The second kappa shape index (κ2) is 5.29. The van der Waals surface area contributed by atoms with E-state index in [1.807, 2.05) is 19.1 Å². The molecule has 1 saturated heterocycles. The van der Waals surface area contributed by atoms with Gasteiger partial charge in [0.15, 0.2) is 0 Å². The van der Waals surface area contributed by atoms with E-state index in [4.69, 9.17) is 0 Å². The van der Waals surface area contributed by atoms with Gasteiger partial charge in [-0.05, 0) is 33.9 Å². The summed E-state index contributed by atoms with van der Waals surface area (Å²) in [4.78, 5) is 4.82. The summed E-state index contributed by atoms with van der Waals surface area (Å²) in [5.41, 5.74) is 2.21. The highest BCUT2D eigenvalue weighted by Gasteiger charge is 2.27. The minimum Gasteiger partial charge on any atom is -0.389 e. The van der Waals surface area contributed by atoms with Crippen molar-refractivity contribution in [3.05, 3.63) is 29.8 Å². The van der Waals surface area contributed by atoms with E-state index in [-0.39, 0.29) is 0 Å². The third-order valence-corrected chi connectivity index (χ3v) is 4.09. The quantitative estimate of drug-likeness (QED) is 0.870. The molecule has 1 fully saturated rings. The third kappa shape index (κ3) is 2.52. The summed E-state index contributed by atoms with van der Waals surface area (Å²) in [6, 6.07) is 9.26. The molecule has 1 aliphatic rings. The maximum absolute atomic E-state index is 9.88. The Kier molecular flexibility index (Phi) is 3.93. The van der Waals surface area contributed by atoms with Crippen LogP contribution in [0.1, 0.15) is 32.4 Å². The number of para-hydroxylation sites is 1. The van der Waals surface area contributed by atoms with Gasteiger partial charge in [0, 0.05) is 36.4 Å². The number of aliphatic hydroxyl groups is 1. The fourth-order valence-electron chi connectivity index (χ4n) is 2.73. The summed E-state index contributed by atoms with van der Waals surface area (Å²) in [5.74, 6) is 0. The Hall–Kier alpha value is -1.06. The maximum atomic E-state index is 9.88. The molecule has 2 unspecified atom stereocenters. The van der Waals surface area contributed by atoms with E-state index in [2.05, 4.69) is 42.8 Å². The van der Waals surface area contributed by atoms with Gasteiger partial charge >= 0.3 is 0 Å². The number of aliphatic hydroxyl groups excluding tert-OH is 1. The minimum atomic E-state index is -0.411. The molecule has 3 heteroatoms. The molecule has 1 aliphatic heterocycles. The summed E-state index contributed by atoms with van der Waals surface area (Å²) in [7, 11) is 2.19. The highest BCUT2D eigenvalue weighted by molar-refractivity contribution is 5.55. The highest BCUT2D eigenvalue weighted by Crippen LogP contribution is 2.28. The largest absolute Gasteiger partial charge is 0.389 e. The molecule has 1 aromatic carbocycles. The summed E-state index contributed by atoms with van der Waals surface area (Å²) in [6.45, 7) is 8.39. The molecule has 0 spiro atoms. The SMILES string of the molecule is CC1CN(c2ccccc2[C@H](C)O)CC(C)N1C. The van der Waals surface area contributed by atoms with Crippen LogP contribution in [-0.2, 0) is 0 Å². The van der Waals surface area contributed by atoms with Crippen molar-refractivity contribution in [2.24, 2.45) is 0 Å². The molecule has 100 valence electrons. The lowest BCUT2D eigenvalue weighted by Gasteiger charge is -2.44. The molecule has 3 nitrogen and oxygen atoms in total. The minimum absolute atomic E-state index is 0.411. The van der Waals surface area contributed by atoms with Crippen molar-refractivity contribution in [1.29, 1.82) is 0 Å². The van der Waals surface area contributed by atoms with Gasteiger partial charge in [0.1, 0.15) is 0 Å². The average Bonchev–Trinajstić information content (AvgIpc) is 2.35. The van der Waals surface area contributed by atoms with Crippen LogP contribution in [0.15, 0.2) is 24.3 Å². The molecule has 0 radical (unpaired) electrons. The zero-order valence-corrected chi connectivity index (χ0v) is 11.8. The van der Waals surface area contributed by atoms with E-state index in [1.165, 1.54) is 5.69 Å². The van der Waals surface area contributed by atoms with E-state index >= 15 is 0 Å². The molecule has 2 rings (SSSR count). The Bertz CT molecular complexity index is 393. The Morgan fingerprint density at radius 3 is 2.28 bits per heavy atom. The number of hydrogen-bond donors (Lipinski definition) is 1. The predicted molar refractivity (Wildman–Crippen MR) is 76.0 cm³/mol. The molecular weight excluding hydrogens is 224 g/mol. The molecule has 3 atom stereocenters. The lowest BCUT2D eigenvalue weighted by atomic mass is 10.0. The fraction of sp³-hybridized carbons (Fsp3) is 0.600. The van der Waals surface area contributed by atoms with Crippen LogP contribution in [0.25, 0.3) is 0 Å². The highest BCUT2D eigenvalue weighted by atomic mass is 16.3. The van der Waals surface area contributed by atoms with Crippen molar-refractivity contribution in [3.8, 4) is 0 Å². The first-order chi connectivity index (χ1) is 8.50. The van der Waals surface area contributed by atoms with Crippen LogP contribution in [0.4, 0.5) is 5.69 Å². The first-order valence-corrected chi connectivity index (χ1v) is 6.74. The first kappa shape index (κ1) is 13.4. The number of rotatable bonds is 2. The van der Waals surface area contributed by atoms with Gasteiger partial charge in [0.2, 0.25) is 0 Å². The zero-order chi connectivity index (χ0) is 13.3. The average molecular weight is 248 g/mol. The van der Waals surface area contributed by atoms with Crippen LogP contribution in [-0.4, -0.2) is 42.2 Å². The standard InChI is InChI=1S/C15H24N2O/c1-11-9-17(10-12(2)16(11)4)15-8-6-5-7-14(15)13(3)18/h5-8,11-13,18H,9-10H2,1-4H3/t11?,12?,13-/m0/s1. The van der Waals surface area contributed by atoms with Crippen molar-refractivity contribution < 1.29 is 5.11 Å². The number of hydrogen-bond acceptors (Lipinski definition) is 3. The first-order valence-electron chi connectivity index (χ1n) is 6.74. The Morgan fingerprint density at radius 2 is 1.72 bits per heavy atom. The number of nitrogens with zero attached hydrogens (tertiary/aromatic N) is 2. The van der Waals surface area contributed by atoms with E-state index in [1.54, 1.807) is 0 Å². The zero-order valence-electron chi connectivity index (χ0n) is 11.8. The maximum Gasteiger partial charge on any atom is 0.0781 e. The summed E-state index contributed by atoms with van der Waals surface area (Å²) in [5, 5.41) is 9.88. The van der Waals surface area contributed by atoms with Crippen LogP contribution < -0.4 is 4.90 Å². The Morgan fingerprint density at radius 1 is 1.17 bits per heavy atom. The van der Waals surface area contributed by atoms with Gasteiger partial charge in [0.05, 0.1) is 6.10 Å². The Balaban J connectivity index is 2.27. The van der Waals surface area contributed by atoms with Crippen molar-refractivity contribution >= 4 is 5.69 Å². The van der Waals surface area contributed by atoms with Crippen LogP contribution in [0.5, 0.6) is 0 Å². The van der Waals surface area contributed by atoms with Gasteiger partial charge in [-0.2, -0.15) is 0 Å². The van der Waals surface area contributed by atoms with E-state index in [0.29, 0.717) is 12.1 Å². The fourth-order valence-corrected chi connectivity index (χ4v) is 2.73. The predicted octanol–water partition coefficient (Wildman–Crippen LogP) is 2.27. The lowest BCUT2D eigenvalue weighted by Crippen LogP contribution is -2.55. The second-order valence-corrected chi connectivity index (χ2v) is 5.50. The van der Waals surface area contributed by atoms with E-state index in [0.717, 1.165) is 18.7 Å². The molecule has 0 amide bonds. The normalized spacial score (nSPS) is 27.3. The van der Waals surface area contributed by atoms with Gasteiger partial charge in [0.25, 0.3) is 0 Å². The number of benzene rings is 1. The van der Waals surface area contributed by atoms with Gasteiger partial charge < -0.3 is 10.0 Å². The second-order valence-electron chi connectivity index (χ2n) is 5.50. The molecule has 0 bridgehead atoms. The van der Waals surface area contributed by atoms with Crippen LogP contribution in [0.3, 0.4) is 0 Å². The smallest absolute Gasteiger partial charge is 0.0781 e.